The van der Waals surface area contributed by atoms with Gasteiger partial charge in [0.1, 0.15) is 12.2 Å². The topological polar surface area (TPSA) is 59.8 Å². The van der Waals surface area contributed by atoms with Gasteiger partial charge in [0.05, 0.1) is 5.25 Å². The Labute approximate surface area is 93.6 Å². The maximum Gasteiger partial charge on any atom is 0.232 e. The average molecular weight is 228 g/mol. The van der Waals surface area contributed by atoms with Crippen LogP contribution >= 0.6 is 11.8 Å². The minimum atomic E-state index is 0.00416. The number of carbonyl (C=O) groups is 1. The van der Waals surface area contributed by atoms with Gasteiger partial charge in [-0.2, -0.15) is 16.9 Å². The molecular weight excluding hydrogens is 212 g/mol. The molecule has 1 amide bonds. The lowest BCUT2D eigenvalue weighted by molar-refractivity contribution is -0.120. The van der Waals surface area contributed by atoms with Crippen molar-refractivity contribution in [2.75, 3.05) is 12.8 Å². The van der Waals surface area contributed by atoms with Gasteiger partial charge in [0, 0.05) is 20.0 Å². The van der Waals surface area contributed by atoms with Crippen LogP contribution < -0.4 is 5.32 Å². The fourth-order valence-corrected chi connectivity index (χ4v) is 1.39. The summed E-state index contributed by atoms with van der Waals surface area (Å²) in [5, 5.41) is 6.82. The van der Waals surface area contributed by atoms with Crippen LogP contribution in [-0.2, 0) is 18.3 Å². The predicted molar refractivity (Wildman–Crippen MR) is 60.7 cm³/mol. The second-order valence-electron chi connectivity index (χ2n) is 3.22. The highest BCUT2D eigenvalue weighted by molar-refractivity contribution is 7.99. The number of aryl methyl sites for hydroxylation is 1. The summed E-state index contributed by atoms with van der Waals surface area (Å²) in [4.78, 5) is 15.5. The monoisotopic (exact) mass is 228 g/mol. The molecule has 15 heavy (non-hydrogen) atoms. The van der Waals surface area contributed by atoms with E-state index in [9.17, 15) is 4.79 Å². The zero-order chi connectivity index (χ0) is 11.3. The number of rotatable bonds is 5. The van der Waals surface area contributed by atoms with Crippen molar-refractivity contribution in [1.29, 1.82) is 0 Å². The van der Waals surface area contributed by atoms with E-state index < -0.39 is 0 Å². The summed E-state index contributed by atoms with van der Waals surface area (Å²) in [7, 11) is 1.84. The van der Waals surface area contributed by atoms with Crippen LogP contribution in [0.25, 0.3) is 0 Å². The van der Waals surface area contributed by atoms with Crippen LogP contribution in [-0.4, -0.2) is 38.7 Å². The molecule has 1 atom stereocenters. The van der Waals surface area contributed by atoms with Crippen molar-refractivity contribution in [1.82, 2.24) is 20.1 Å². The van der Waals surface area contributed by atoms with Crippen molar-refractivity contribution in [3.8, 4) is 0 Å². The number of amides is 1. The molecular formula is C9H16N4OS. The Hall–Kier alpha value is -1.04. The summed E-state index contributed by atoms with van der Waals surface area (Å²) >= 11 is 1.54. The van der Waals surface area contributed by atoms with Crippen LogP contribution in [0.2, 0.25) is 0 Å². The zero-order valence-corrected chi connectivity index (χ0v) is 10.0. The van der Waals surface area contributed by atoms with E-state index in [1.54, 1.807) is 4.68 Å². The predicted octanol–water partition coefficient (Wildman–Crippen LogP) is 0.225. The number of thioether (sulfide) groups is 1. The van der Waals surface area contributed by atoms with Gasteiger partial charge in [-0.25, -0.2) is 4.98 Å². The zero-order valence-electron chi connectivity index (χ0n) is 9.23. The van der Waals surface area contributed by atoms with E-state index >= 15 is 0 Å². The first-order chi connectivity index (χ1) is 7.15. The molecule has 1 aromatic heterocycles. The molecule has 0 radical (unpaired) electrons. The SMILES string of the molecule is CS[C@@H](C)C(=O)NCCc1ncnn1C. The lowest BCUT2D eigenvalue weighted by atomic mass is 10.3. The van der Waals surface area contributed by atoms with Crippen molar-refractivity contribution >= 4 is 17.7 Å². The fourth-order valence-electron chi connectivity index (χ4n) is 1.09. The van der Waals surface area contributed by atoms with Crippen molar-refractivity contribution in [2.24, 2.45) is 7.05 Å². The average Bonchev–Trinajstić information content (AvgIpc) is 2.63. The number of hydrogen-bond donors (Lipinski definition) is 1. The molecule has 0 aliphatic rings. The number of hydrogen-bond acceptors (Lipinski definition) is 4. The molecule has 0 unspecified atom stereocenters. The highest BCUT2D eigenvalue weighted by Crippen LogP contribution is 2.04. The largest absolute Gasteiger partial charge is 0.355 e. The standard InChI is InChI=1S/C9H16N4OS/c1-7(15-3)9(14)10-5-4-8-11-6-12-13(8)2/h6-7H,4-5H2,1-3H3,(H,10,14)/t7-/m0/s1. The van der Waals surface area contributed by atoms with E-state index in [0.717, 1.165) is 5.82 Å². The Morgan fingerprint density at radius 3 is 3.00 bits per heavy atom. The quantitative estimate of drug-likeness (QED) is 0.783. The van der Waals surface area contributed by atoms with Gasteiger partial charge in [0.25, 0.3) is 0 Å². The highest BCUT2D eigenvalue weighted by atomic mass is 32.2. The van der Waals surface area contributed by atoms with Crippen LogP contribution in [0.4, 0.5) is 0 Å². The number of nitrogens with one attached hydrogen (secondary N) is 1. The van der Waals surface area contributed by atoms with Gasteiger partial charge in [-0.05, 0) is 13.2 Å². The van der Waals surface area contributed by atoms with Gasteiger partial charge in [-0.3, -0.25) is 9.48 Å². The number of aromatic nitrogens is 3. The lowest BCUT2D eigenvalue weighted by Crippen LogP contribution is -2.32. The molecule has 1 aromatic rings. The maximum absolute atomic E-state index is 11.4. The van der Waals surface area contributed by atoms with Crippen LogP contribution in [0.15, 0.2) is 6.33 Å². The molecule has 1 heterocycles. The third-order valence-electron chi connectivity index (χ3n) is 2.18. The Kier molecular flexibility index (Phi) is 4.61. The number of nitrogens with zero attached hydrogens (tertiary/aromatic N) is 3. The first-order valence-electron chi connectivity index (χ1n) is 4.78. The van der Waals surface area contributed by atoms with E-state index in [4.69, 9.17) is 0 Å². The normalized spacial score (nSPS) is 12.5. The second-order valence-corrected chi connectivity index (χ2v) is 4.40. The third-order valence-corrected chi connectivity index (χ3v) is 3.10. The third kappa shape index (κ3) is 3.54. The van der Waals surface area contributed by atoms with Crippen molar-refractivity contribution < 1.29 is 4.79 Å². The van der Waals surface area contributed by atoms with Gasteiger partial charge in [0.15, 0.2) is 0 Å². The molecule has 0 saturated heterocycles. The van der Waals surface area contributed by atoms with E-state index in [1.807, 2.05) is 20.2 Å². The summed E-state index contributed by atoms with van der Waals surface area (Å²) in [6, 6.07) is 0. The molecule has 6 heteroatoms. The van der Waals surface area contributed by atoms with Crippen LogP contribution in [0, 0.1) is 0 Å². The first-order valence-corrected chi connectivity index (χ1v) is 6.07. The molecule has 0 aromatic carbocycles. The molecule has 5 nitrogen and oxygen atoms in total. The summed E-state index contributed by atoms with van der Waals surface area (Å²) in [5.41, 5.74) is 0. The van der Waals surface area contributed by atoms with Crippen LogP contribution in [0.5, 0.6) is 0 Å². The van der Waals surface area contributed by atoms with Gasteiger partial charge < -0.3 is 5.32 Å². The van der Waals surface area contributed by atoms with Gasteiger partial charge in [-0.1, -0.05) is 0 Å². The lowest BCUT2D eigenvalue weighted by Gasteiger charge is -2.08. The number of carbonyl (C=O) groups excluding carboxylic acids is 1. The van der Waals surface area contributed by atoms with Crippen molar-refractivity contribution in [2.45, 2.75) is 18.6 Å². The van der Waals surface area contributed by atoms with Gasteiger partial charge in [0.2, 0.25) is 5.91 Å². The van der Waals surface area contributed by atoms with Gasteiger partial charge >= 0.3 is 0 Å². The van der Waals surface area contributed by atoms with Crippen molar-refractivity contribution in [3.05, 3.63) is 12.2 Å². The summed E-state index contributed by atoms with van der Waals surface area (Å²) in [5.74, 6) is 0.955. The fraction of sp³-hybridized carbons (Fsp3) is 0.667. The molecule has 1 N–H and O–H groups in total. The van der Waals surface area contributed by atoms with E-state index in [0.29, 0.717) is 13.0 Å². The first kappa shape index (κ1) is 12.0. The maximum atomic E-state index is 11.4. The molecule has 0 bridgehead atoms. The molecule has 0 saturated carbocycles. The van der Waals surface area contributed by atoms with E-state index in [2.05, 4.69) is 15.4 Å². The molecule has 0 aliphatic carbocycles. The Morgan fingerprint density at radius 1 is 1.73 bits per heavy atom. The molecule has 1 rings (SSSR count). The summed E-state index contributed by atoms with van der Waals surface area (Å²) in [6.45, 7) is 2.50. The van der Waals surface area contributed by atoms with Crippen molar-refractivity contribution in [3.63, 3.8) is 0 Å². The minimum Gasteiger partial charge on any atom is -0.355 e. The molecule has 0 spiro atoms. The van der Waals surface area contributed by atoms with E-state index in [-0.39, 0.29) is 11.2 Å². The molecule has 0 aliphatic heterocycles. The highest BCUT2D eigenvalue weighted by Gasteiger charge is 2.10. The Balaban J connectivity index is 2.28. The minimum absolute atomic E-state index is 0.00416. The molecule has 84 valence electrons. The van der Waals surface area contributed by atoms with Gasteiger partial charge in [-0.15, -0.1) is 0 Å². The Morgan fingerprint density at radius 2 is 2.47 bits per heavy atom. The molecule has 0 fully saturated rings. The van der Waals surface area contributed by atoms with E-state index in [1.165, 1.54) is 18.1 Å². The van der Waals surface area contributed by atoms with Crippen LogP contribution in [0.1, 0.15) is 12.7 Å². The smallest absolute Gasteiger partial charge is 0.232 e. The summed E-state index contributed by atoms with van der Waals surface area (Å²) < 4.78 is 1.71. The summed E-state index contributed by atoms with van der Waals surface area (Å²) in [6.07, 6.45) is 4.15. The Bertz CT molecular complexity index is 326. The van der Waals surface area contributed by atoms with Crippen LogP contribution in [0.3, 0.4) is 0 Å². The second kappa shape index (κ2) is 5.75.